The minimum absolute atomic E-state index is 0.0483. The molecule has 0 spiro atoms. The largest absolute Gasteiger partial charge is 0.391 e. The van der Waals surface area contributed by atoms with Gasteiger partial charge >= 0.3 is 0 Å². The Morgan fingerprint density at radius 2 is 1.33 bits per heavy atom. The highest BCUT2D eigenvalue weighted by molar-refractivity contribution is 7.97. The fourth-order valence-electron chi connectivity index (χ4n) is 3.08. The second kappa shape index (κ2) is 7.79. The average molecular weight is 341 g/mol. The van der Waals surface area contributed by atoms with Crippen molar-refractivity contribution >= 4 is 38.2 Å². The summed E-state index contributed by atoms with van der Waals surface area (Å²) in [5.74, 6) is 1.59. The molecule has 0 aromatic heterocycles. The van der Waals surface area contributed by atoms with Gasteiger partial charge in [0.05, 0.1) is 13.2 Å². The second-order valence-electron chi connectivity index (χ2n) is 5.73. The van der Waals surface area contributed by atoms with Crippen LogP contribution < -0.4 is 0 Å². The van der Waals surface area contributed by atoms with Crippen LogP contribution in [0.1, 0.15) is 10.4 Å². The van der Waals surface area contributed by atoms with Crippen molar-refractivity contribution in [3.63, 3.8) is 0 Å². The first-order valence-electron chi connectivity index (χ1n) is 8.04. The van der Waals surface area contributed by atoms with Gasteiger partial charge in [0.1, 0.15) is 11.5 Å². The number of benzene rings is 3. The third-order valence-corrected chi connectivity index (χ3v) is 6.34. The standard InChI is InChI=1S/C20H21O3S/c21-9-11-24(12-10-22)14-19(23)20-17-7-3-1-5-15(17)13-16-6-2-4-8-18(16)20/h1-8,13,21-22H,9-12,14H2/q+1. The maximum Gasteiger partial charge on any atom is 0.213 e. The molecule has 3 nitrogen and oxygen atoms in total. The van der Waals surface area contributed by atoms with E-state index in [4.69, 9.17) is 0 Å². The lowest BCUT2D eigenvalue weighted by Gasteiger charge is -2.11. The summed E-state index contributed by atoms with van der Waals surface area (Å²) in [6.45, 7) is 0.0966. The maximum absolute atomic E-state index is 13.1. The number of hydrogen-bond acceptors (Lipinski definition) is 3. The molecule has 0 saturated heterocycles. The molecule has 0 aliphatic heterocycles. The predicted molar refractivity (Wildman–Crippen MR) is 102 cm³/mol. The predicted octanol–water partition coefficient (Wildman–Crippen LogP) is 2.78. The zero-order valence-corrected chi connectivity index (χ0v) is 14.3. The van der Waals surface area contributed by atoms with E-state index < -0.39 is 0 Å². The van der Waals surface area contributed by atoms with Gasteiger partial charge in [-0.15, -0.1) is 0 Å². The molecule has 4 heteroatoms. The zero-order valence-electron chi connectivity index (χ0n) is 13.4. The van der Waals surface area contributed by atoms with E-state index in [2.05, 4.69) is 6.07 Å². The summed E-state index contributed by atoms with van der Waals surface area (Å²) >= 11 is 0. The van der Waals surface area contributed by atoms with Crippen molar-refractivity contribution in [1.29, 1.82) is 0 Å². The Bertz CT molecular complexity index is 800. The molecule has 3 aromatic carbocycles. The molecule has 2 N–H and O–H groups in total. The van der Waals surface area contributed by atoms with Gasteiger partial charge in [0.15, 0.2) is 5.75 Å². The van der Waals surface area contributed by atoms with Crippen LogP contribution in [0.3, 0.4) is 0 Å². The molecular formula is C20H21O3S+. The molecule has 0 amide bonds. The molecule has 0 radical (unpaired) electrons. The summed E-state index contributed by atoms with van der Waals surface area (Å²) < 4.78 is 0. The van der Waals surface area contributed by atoms with Crippen LogP contribution in [0, 0.1) is 0 Å². The fourth-order valence-corrected chi connectivity index (χ4v) is 4.60. The van der Waals surface area contributed by atoms with Gasteiger partial charge in [-0.05, 0) is 27.6 Å². The van der Waals surface area contributed by atoms with E-state index in [-0.39, 0.29) is 29.9 Å². The van der Waals surface area contributed by atoms with Crippen molar-refractivity contribution in [1.82, 2.24) is 0 Å². The van der Waals surface area contributed by atoms with Crippen molar-refractivity contribution in [2.75, 3.05) is 30.5 Å². The normalized spacial score (nSPS) is 11.5. The van der Waals surface area contributed by atoms with E-state index in [1.54, 1.807) is 0 Å². The summed E-state index contributed by atoms with van der Waals surface area (Å²) in [4.78, 5) is 13.1. The lowest BCUT2D eigenvalue weighted by Crippen LogP contribution is -2.26. The van der Waals surface area contributed by atoms with E-state index in [1.165, 1.54) is 0 Å². The summed E-state index contributed by atoms with van der Waals surface area (Å²) in [7, 11) is -0.290. The smallest absolute Gasteiger partial charge is 0.213 e. The Labute approximate surface area is 144 Å². The molecule has 0 aliphatic rings. The number of fused-ring (bicyclic) bond motifs is 2. The molecule has 0 bridgehead atoms. The lowest BCUT2D eigenvalue weighted by atomic mass is 9.95. The highest BCUT2D eigenvalue weighted by Crippen LogP contribution is 2.29. The second-order valence-corrected chi connectivity index (χ2v) is 8.06. The van der Waals surface area contributed by atoms with Gasteiger partial charge < -0.3 is 10.2 Å². The topological polar surface area (TPSA) is 57.5 Å². The number of Topliss-reactive ketones (excluding diaryl/α,β-unsaturated/α-hetero) is 1. The monoisotopic (exact) mass is 341 g/mol. The van der Waals surface area contributed by atoms with E-state index in [0.717, 1.165) is 27.1 Å². The summed E-state index contributed by atoms with van der Waals surface area (Å²) in [5.41, 5.74) is 0.761. The first-order chi connectivity index (χ1) is 11.7. The Kier molecular flexibility index (Phi) is 5.51. The number of carbonyl (C=O) groups is 1. The third kappa shape index (κ3) is 3.46. The van der Waals surface area contributed by atoms with Gasteiger partial charge in [0, 0.05) is 16.5 Å². The van der Waals surface area contributed by atoms with Crippen LogP contribution in [-0.2, 0) is 10.9 Å². The minimum atomic E-state index is -0.290. The van der Waals surface area contributed by atoms with Crippen LogP contribution in [0.4, 0.5) is 0 Å². The van der Waals surface area contributed by atoms with Crippen LogP contribution >= 0.6 is 0 Å². The molecule has 0 aliphatic carbocycles. The van der Waals surface area contributed by atoms with Gasteiger partial charge in [-0.2, -0.15) is 0 Å². The lowest BCUT2D eigenvalue weighted by molar-refractivity contribution is 0.102. The first-order valence-corrected chi connectivity index (χ1v) is 9.77. The third-order valence-electron chi connectivity index (χ3n) is 4.15. The van der Waals surface area contributed by atoms with Gasteiger partial charge in [-0.3, -0.25) is 4.79 Å². The summed E-state index contributed by atoms with van der Waals surface area (Å²) in [5, 5.41) is 22.5. The Balaban J connectivity index is 2.09. The van der Waals surface area contributed by atoms with E-state index in [1.807, 2.05) is 48.5 Å². The Hall–Kier alpha value is -1.88. The van der Waals surface area contributed by atoms with E-state index >= 15 is 0 Å². The average Bonchev–Trinajstić information content (AvgIpc) is 2.60. The van der Waals surface area contributed by atoms with Gasteiger partial charge in [-0.1, -0.05) is 48.5 Å². The van der Waals surface area contributed by atoms with Crippen molar-refractivity contribution in [2.45, 2.75) is 0 Å². The number of aliphatic hydroxyl groups is 2. The van der Waals surface area contributed by atoms with Crippen molar-refractivity contribution in [2.24, 2.45) is 0 Å². The molecule has 3 rings (SSSR count). The van der Waals surface area contributed by atoms with Crippen molar-refractivity contribution < 1.29 is 15.0 Å². The van der Waals surface area contributed by atoms with Crippen molar-refractivity contribution in [3.8, 4) is 0 Å². The first kappa shape index (κ1) is 17.0. The summed E-state index contributed by atoms with van der Waals surface area (Å²) in [6.07, 6.45) is 0. The van der Waals surface area contributed by atoms with Crippen LogP contribution in [0.25, 0.3) is 21.5 Å². The number of rotatable bonds is 7. The molecular weight excluding hydrogens is 320 g/mol. The van der Waals surface area contributed by atoms with Gasteiger partial charge in [0.2, 0.25) is 5.78 Å². The Morgan fingerprint density at radius 1 is 0.833 bits per heavy atom. The highest BCUT2D eigenvalue weighted by Gasteiger charge is 2.25. The molecule has 0 saturated carbocycles. The van der Waals surface area contributed by atoms with Gasteiger partial charge in [0.25, 0.3) is 0 Å². The van der Waals surface area contributed by atoms with Crippen LogP contribution in [0.5, 0.6) is 0 Å². The van der Waals surface area contributed by atoms with E-state index in [0.29, 0.717) is 17.3 Å². The minimum Gasteiger partial charge on any atom is -0.391 e. The number of aliphatic hydroxyl groups excluding tert-OH is 2. The summed E-state index contributed by atoms with van der Waals surface area (Å²) in [6, 6.07) is 18.0. The quantitative estimate of drug-likeness (QED) is 0.395. The number of ketones is 1. The molecule has 0 heterocycles. The van der Waals surface area contributed by atoms with E-state index in [9.17, 15) is 15.0 Å². The molecule has 124 valence electrons. The van der Waals surface area contributed by atoms with Crippen LogP contribution in [-0.4, -0.2) is 46.5 Å². The zero-order chi connectivity index (χ0) is 16.9. The molecule has 0 unspecified atom stereocenters. The number of carbonyl (C=O) groups excluding carboxylic acids is 1. The SMILES string of the molecule is O=C(C[S+](CCO)CCO)c1c2ccccc2cc2ccccc12. The molecule has 0 atom stereocenters. The molecule has 3 aromatic rings. The Morgan fingerprint density at radius 3 is 1.83 bits per heavy atom. The maximum atomic E-state index is 13.1. The fraction of sp³-hybridized carbons (Fsp3) is 0.250. The van der Waals surface area contributed by atoms with Crippen molar-refractivity contribution in [3.05, 3.63) is 60.2 Å². The highest BCUT2D eigenvalue weighted by atomic mass is 32.2. The number of hydrogen-bond donors (Lipinski definition) is 2. The molecule has 24 heavy (non-hydrogen) atoms. The van der Waals surface area contributed by atoms with Crippen LogP contribution in [0.15, 0.2) is 54.6 Å². The van der Waals surface area contributed by atoms with Gasteiger partial charge in [-0.25, -0.2) is 0 Å². The molecule has 0 fully saturated rings. The van der Waals surface area contributed by atoms with Crippen LogP contribution in [0.2, 0.25) is 0 Å².